The van der Waals surface area contributed by atoms with Crippen LogP contribution in [-0.2, 0) is 21.8 Å². The van der Waals surface area contributed by atoms with Crippen LogP contribution < -0.4 is 5.32 Å². The zero-order valence-electron chi connectivity index (χ0n) is 11.7. The lowest BCUT2D eigenvalue weighted by atomic mass is 10.0. The summed E-state index contributed by atoms with van der Waals surface area (Å²) in [4.78, 5) is 9.55. The zero-order chi connectivity index (χ0) is 13.3. The predicted octanol–water partition coefficient (Wildman–Crippen LogP) is 3.07. The first-order valence-corrected chi connectivity index (χ1v) is 8.24. The molecule has 3 heterocycles. The number of ether oxygens (including phenoxy) is 1. The van der Waals surface area contributed by atoms with Crippen molar-refractivity contribution in [1.82, 2.24) is 9.97 Å². The lowest BCUT2D eigenvalue weighted by Gasteiger charge is -2.23. The zero-order valence-corrected chi connectivity index (χ0v) is 12.5. The van der Waals surface area contributed by atoms with Gasteiger partial charge in [0.25, 0.3) is 0 Å². The molecule has 1 fully saturated rings. The maximum absolute atomic E-state index is 5.89. The average Bonchev–Trinajstić information content (AvgIpc) is 3.04. The van der Waals surface area contributed by atoms with E-state index in [2.05, 4.69) is 19.2 Å². The van der Waals surface area contributed by atoms with Gasteiger partial charge < -0.3 is 10.1 Å². The monoisotopic (exact) mass is 279 g/mol. The second kappa shape index (κ2) is 5.29. The predicted molar refractivity (Wildman–Crippen MR) is 78.3 cm³/mol. The molecule has 1 saturated heterocycles. The molecule has 1 atom stereocenters. The lowest BCUT2D eigenvalue weighted by Crippen LogP contribution is -2.25. The van der Waals surface area contributed by atoms with Gasteiger partial charge in [0.1, 0.15) is 11.4 Å². The molecule has 2 aliphatic heterocycles. The number of hydrogen-bond acceptors (Lipinski definition) is 5. The molecule has 0 aliphatic carbocycles. The highest BCUT2D eigenvalue weighted by Gasteiger charge is 2.36. The van der Waals surface area contributed by atoms with Gasteiger partial charge in [-0.15, -0.1) is 0 Å². The highest BCUT2D eigenvalue weighted by Crippen LogP contribution is 2.38. The fraction of sp³-hybridized carbons (Fsp3) is 0.714. The maximum Gasteiger partial charge on any atom is 0.162 e. The number of aromatic nitrogens is 2. The minimum absolute atomic E-state index is 0.287. The van der Waals surface area contributed by atoms with E-state index in [0.29, 0.717) is 0 Å². The molecule has 1 unspecified atom stereocenters. The Kier molecular flexibility index (Phi) is 3.67. The highest BCUT2D eigenvalue weighted by molar-refractivity contribution is 7.98. The van der Waals surface area contributed by atoms with Crippen LogP contribution in [0.25, 0.3) is 0 Å². The Labute approximate surface area is 118 Å². The molecular weight excluding hydrogens is 258 g/mol. The van der Waals surface area contributed by atoms with Gasteiger partial charge in [0.2, 0.25) is 0 Å². The Balaban J connectivity index is 1.97. The van der Waals surface area contributed by atoms with E-state index in [0.717, 1.165) is 55.6 Å². The van der Waals surface area contributed by atoms with Crippen LogP contribution in [0.2, 0.25) is 0 Å². The van der Waals surface area contributed by atoms with E-state index in [1.165, 1.54) is 11.3 Å². The molecule has 1 aromatic heterocycles. The molecule has 2 aliphatic rings. The third kappa shape index (κ3) is 2.46. The molecular formula is C14H21N3OS. The van der Waals surface area contributed by atoms with Crippen LogP contribution in [0.5, 0.6) is 0 Å². The number of nitrogens with one attached hydrogen (secondary N) is 1. The van der Waals surface area contributed by atoms with E-state index in [-0.39, 0.29) is 5.60 Å². The average molecular weight is 279 g/mol. The van der Waals surface area contributed by atoms with Crippen molar-refractivity contribution in [3.05, 3.63) is 17.1 Å². The number of anilines is 1. The van der Waals surface area contributed by atoms with Crippen LogP contribution >= 0.6 is 11.8 Å². The topological polar surface area (TPSA) is 47.0 Å². The molecule has 5 heteroatoms. The Morgan fingerprint density at radius 3 is 3.00 bits per heavy atom. The van der Waals surface area contributed by atoms with Gasteiger partial charge in [-0.05, 0) is 26.2 Å². The quantitative estimate of drug-likeness (QED) is 0.918. The fourth-order valence-electron chi connectivity index (χ4n) is 2.63. The van der Waals surface area contributed by atoms with Crippen LogP contribution in [0.3, 0.4) is 0 Å². The van der Waals surface area contributed by atoms with Crippen molar-refractivity contribution in [2.24, 2.45) is 0 Å². The van der Waals surface area contributed by atoms with Crippen molar-refractivity contribution in [1.29, 1.82) is 0 Å². The van der Waals surface area contributed by atoms with Gasteiger partial charge in [-0.25, -0.2) is 9.97 Å². The van der Waals surface area contributed by atoms with Crippen LogP contribution in [0, 0.1) is 0 Å². The molecule has 0 radical (unpaired) electrons. The van der Waals surface area contributed by atoms with Gasteiger partial charge in [-0.1, -0.05) is 6.92 Å². The summed E-state index contributed by atoms with van der Waals surface area (Å²) in [5, 5.41) is 3.46. The standard InChI is InChI=1S/C14H21N3OS/c1-3-6-15-12-10-8-19-9-11(10)16-13(17-12)14(2)5-4-7-18-14/h3-9H2,1-2H3,(H,15,16,17). The van der Waals surface area contributed by atoms with Crippen molar-refractivity contribution in [3.63, 3.8) is 0 Å². The van der Waals surface area contributed by atoms with Gasteiger partial charge in [0.15, 0.2) is 5.82 Å². The Morgan fingerprint density at radius 2 is 2.26 bits per heavy atom. The number of fused-ring (bicyclic) bond motifs is 1. The van der Waals surface area contributed by atoms with E-state index in [1.54, 1.807) is 0 Å². The third-order valence-corrected chi connectivity index (χ3v) is 4.78. The van der Waals surface area contributed by atoms with Crippen molar-refractivity contribution >= 4 is 17.6 Å². The summed E-state index contributed by atoms with van der Waals surface area (Å²) in [6.45, 7) is 6.08. The lowest BCUT2D eigenvalue weighted by molar-refractivity contribution is 0.00929. The van der Waals surface area contributed by atoms with E-state index >= 15 is 0 Å². The molecule has 0 bridgehead atoms. The third-order valence-electron chi connectivity index (χ3n) is 3.81. The summed E-state index contributed by atoms with van der Waals surface area (Å²) in [5.74, 6) is 3.93. The van der Waals surface area contributed by atoms with E-state index in [4.69, 9.17) is 14.7 Å². The molecule has 104 valence electrons. The van der Waals surface area contributed by atoms with Crippen molar-refractivity contribution in [3.8, 4) is 0 Å². The first kappa shape index (κ1) is 13.2. The Morgan fingerprint density at radius 1 is 1.37 bits per heavy atom. The van der Waals surface area contributed by atoms with Crippen molar-refractivity contribution in [2.75, 3.05) is 18.5 Å². The van der Waals surface area contributed by atoms with Crippen LogP contribution in [0.4, 0.5) is 5.82 Å². The first-order chi connectivity index (χ1) is 9.23. The first-order valence-electron chi connectivity index (χ1n) is 7.09. The number of rotatable bonds is 4. The minimum atomic E-state index is -0.287. The summed E-state index contributed by atoms with van der Waals surface area (Å²) in [5.41, 5.74) is 2.21. The summed E-state index contributed by atoms with van der Waals surface area (Å²) in [7, 11) is 0. The second-order valence-electron chi connectivity index (χ2n) is 5.42. The van der Waals surface area contributed by atoms with Gasteiger partial charge in [-0.2, -0.15) is 11.8 Å². The molecule has 0 aromatic carbocycles. The largest absolute Gasteiger partial charge is 0.370 e. The molecule has 19 heavy (non-hydrogen) atoms. The van der Waals surface area contributed by atoms with E-state index in [1.807, 2.05) is 11.8 Å². The van der Waals surface area contributed by atoms with E-state index < -0.39 is 0 Å². The van der Waals surface area contributed by atoms with Crippen molar-refractivity contribution in [2.45, 2.75) is 50.2 Å². The van der Waals surface area contributed by atoms with Gasteiger partial charge in [0, 0.05) is 30.2 Å². The fourth-order valence-corrected chi connectivity index (χ4v) is 3.67. The number of hydrogen-bond donors (Lipinski definition) is 1. The minimum Gasteiger partial charge on any atom is -0.370 e. The van der Waals surface area contributed by atoms with E-state index in [9.17, 15) is 0 Å². The smallest absolute Gasteiger partial charge is 0.162 e. The van der Waals surface area contributed by atoms with Crippen LogP contribution in [0.1, 0.15) is 50.2 Å². The highest BCUT2D eigenvalue weighted by atomic mass is 32.2. The molecule has 4 nitrogen and oxygen atoms in total. The summed E-state index contributed by atoms with van der Waals surface area (Å²) in [6.07, 6.45) is 3.23. The molecule has 0 amide bonds. The molecule has 1 N–H and O–H groups in total. The summed E-state index contributed by atoms with van der Waals surface area (Å²) in [6, 6.07) is 0. The Hall–Kier alpha value is -0.810. The second-order valence-corrected chi connectivity index (χ2v) is 6.41. The molecule has 3 rings (SSSR count). The molecule has 0 spiro atoms. The summed E-state index contributed by atoms with van der Waals surface area (Å²) < 4.78 is 5.89. The van der Waals surface area contributed by atoms with Gasteiger partial charge in [0.05, 0.1) is 5.69 Å². The SMILES string of the molecule is CCCNc1nc(C2(C)CCCO2)nc2c1CSC2. The van der Waals surface area contributed by atoms with Crippen molar-refractivity contribution < 1.29 is 4.74 Å². The Bertz CT molecular complexity index is 472. The van der Waals surface area contributed by atoms with Gasteiger partial charge >= 0.3 is 0 Å². The normalized spacial score (nSPS) is 25.6. The maximum atomic E-state index is 5.89. The molecule has 0 saturated carbocycles. The molecule has 1 aromatic rings. The van der Waals surface area contributed by atoms with Crippen LogP contribution in [-0.4, -0.2) is 23.1 Å². The summed E-state index contributed by atoms with van der Waals surface area (Å²) >= 11 is 1.92. The van der Waals surface area contributed by atoms with Gasteiger partial charge in [-0.3, -0.25) is 0 Å². The van der Waals surface area contributed by atoms with Crippen LogP contribution in [0.15, 0.2) is 0 Å². The number of thioether (sulfide) groups is 1. The number of nitrogens with zero attached hydrogens (tertiary/aromatic N) is 2.